The van der Waals surface area contributed by atoms with E-state index in [0.717, 1.165) is 41.7 Å². The Kier molecular flexibility index (Phi) is 4.61. The van der Waals surface area contributed by atoms with Crippen LogP contribution in [-0.2, 0) is 12.8 Å². The first kappa shape index (κ1) is 19.5. The summed E-state index contributed by atoms with van der Waals surface area (Å²) >= 11 is 0. The molecule has 0 spiro atoms. The quantitative estimate of drug-likeness (QED) is 0.556. The Morgan fingerprint density at radius 1 is 1.16 bits per heavy atom. The number of methoxy groups -OCH3 is 1. The first-order valence-electron chi connectivity index (χ1n) is 10.5. The Morgan fingerprint density at radius 2 is 1.94 bits per heavy atom. The zero-order chi connectivity index (χ0) is 21.7. The number of phenols is 2. The van der Waals surface area contributed by atoms with Crippen molar-refractivity contribution in [1.29, 1.82) is 0 Å². The van der Waals surface area contributed by atoms with E-state index in [1.807, 2.05) is 19.1 Å². The van der Waals surface area contributed by atoms with Crippen molar-refractivity contribution in [2.45, 2.75) is 45.1 Å². The van der Waals surface area contributed by atoms with E-state index in [9.17, 15) is 15.0 Å². The summed E-state index contributed by atoms with van der Waals surface area (Å²) in [6.07, 6.45) is 3.95. The third-order valence-corrected chi connectivity index (χ3v) is 6.33. The number of nitrogens with zero attached hydrogens (tertiary/aromatic N) is 1. The highest BCUT2D eigenvalue weighted by Crippen LogP contribution is 2.40. The molecule has 7 nitrogen and oxygen atoms in total. The van der Waals surface area contributed by atoms with Crippen LogP contribution in [0, 0.1) is 6.92 Å². The molecular formula is C24H24N2O5. The van der Waals surface area contributed by atoms with Gasteiger partial charge in [-0.05, 0) is 67.5 Å². The molecule has 1 aliphatic carbocycles. The lowest BCUT2D eigenvalue weighted by atomic mass is 9.87. The molecule has 31 heavy (non-hydrogen) atoms. The number of benzene rings is 2. The van der Waals surface area contributed by atoms with Crippen LogP contribution < -0.4 is 15.8 Å². The third kappa shape index (κ3) is 3.12. The summed E-state index contributed by atoms with van der Waals surface area (Å²) in [4.78, 5) is 12.4. The number of hydrogen-bond donors (Lipinski definition) is 3. The van der Waals surface area contributed by atoms with Crippen molar-refractivity contribution in [3.05, 3.63) is 62.5 Å². The molecule has 0 saturated heterocycles. The van der Waals surface area contributed by atoms with Crippen LogP contribution >= 0.6 is 0 Å². The van der Waals surface area contributed by atoms with Crippen molar-refractivity contribution in [3.8, 4) is 17.2 Å². The van der Waals surface area contributed by atoms with Gasteiger partial charge in [-0.25, -0.2) is 4.79 Å². The second kappa shape index (κ2) is 7.34. The summed E-state index contributed by atoms with van der Waals surface area (Å²) in [6, 6.07) is 6.91. The molecule has 1 aromatic heterocycles. The fourth-order valence-corrected chi connectivity index (χ4v) is 4.78. The van der Waals surface area contributed by atoms with Gasteiger partial charge in [0.05, 0.1) is 24.2 Å². The van der Waals surface area contributed by atoms with Crippen LogP contribution in [-0.4, -0.2) is 23.0 Å². The Labute approximate surface area is 179 Å². The molecule has 0 fully saturated rings. The average Bonchev–Trinajstić information content (AvgIpc) is 3.23. The summed E-state index contributed by atoms with van der Waals surface area (Å²) in [5.74, 6) is 0.611. The molecule has 3 aromatic rings. The molecule has 0 amide bonds. The van der Waals surface area contributed by atoms with Gasteiger partial charge in [0.2, 0.25) is 0 Å². The van der Waals surface area contributed by atoms with Crippen LogP contribution in [0.4, 0.5) is 0 Å². The van der Waals surface area contributed by atoms with E-state index in [0.29, 0.717) is 40.7 Å². The molecule has 0 radical (unpaired) electrons. The first-order chi connectivity index (χ1) is 15.0. The monoisotopic (exact) mass is 420 g/mol. The fraction of sp³-hybridized carbons (Fsp3) is 0.333. The van der Waals surface area contributed by atoms with E-state index in [1.165, 1.54) is 7.11 Å². The highest BCUT2D eigenvalue weighted by molar-refractivity contribution is 6.09. The molecule has 3 N–H and O–H groups in total. The van der Waals surface area contributed by atoms with Crippen LogP contribution in [0.1, 0.15) is 53.1 Å². The summed E-state index contributed by atoms with van der Waals surface area (Å²) in [6.45, 7) is 1.88. The molecule has 1 unspecified atom stereocenters. The van der Waals surface area contributed by atoms with Crippen molar-refractivity contribution in [2.75, 3.05) is 7.11 Å². The van der Waals surface area contributed by atoms with Gasteiger partial charge in [-0.3, -0.25) is 0 Å². The topological polar surface area (TPSA) is 104 Å². The van der Waals surface area contributed by atoms with Crippen molar-refractivity contribution in [1.82, 2.24) is 5.43 Å². The van der Waals surface area contributed by atoms with Crippen molar-refractivity contribution >= 4 is 16.7 Å². The minimum absolute atomic E-state index is 0.0830. The van der Waals surface area contributed by atoms with Gasteiger partial charge in [0.15, 0.2) is 11.5 Å². The molecule has 160 valence electrons. The van der Waals surface area contributed by atoms with Crippen molar-refractivity contribution in [2.24, 2.45) is 5.10 Å². The number of hydrazone groups is 1. The first-order valence-corrected chi connectivity index (χ1v) is 10.5. The van der Waals surface area contributed by atoms with Crippen molar-refractivity contribution in [3.63, 3.8) is 0 Å². The van der Waals surface area contributed by atoms with Gasteiger partial charge in [0.1, 0.15) is 11.3 Å². The van der Waals surface area contributed by atoms with E-state index < -0.39 is 0 Å². The zero-order valence-electron chi connectivity index (χ0n) is 17.5. The lowest BCUT2D eigenvalue weighted by Gasteiger charge is -2.19. The number of ether oxygens (including phenoxy) is 1. The summed E-state index contributed by atoms with van der Waals surface area (Å²) in [7, 11) is 1.51. The van der Waals surface area contributed by atoms with Crippen LogP contribution in [0.3, 0.4) is 0 Å². The minimum atomic E-state index is -0.296. The molecule has 1 atom stereocenters. The average molecular weight is 420 g/mol. The zero-order valence-corrected chi connectivity index (χ0v) is 17.5. The Morgan fingerprint density at radius 3 is 2.71 bits per heavy atom. The maximum absolute atomic E-state index is 12.4. The number of aryl methyl sites for hydroxylation is 2. The molecule has 2 aromatic carbocycles. The fourth-order valence-electron chi connectivity index (χ4n) is 4.78. The van der Waals surface area contributed by atoms with Gasteiger partial charge in [0, 0.05) is 17.5 Å². The highest BCUT2D eigenvalue weighted by Gasteiger charge is 2.28. The number of phenolic OH excluding ortho intramolecular Hbond substituents is 2. The van der Waals surface area contributed by atoms with E-state index in [2.05, 4.69) is 10.5 Å². The number of fused-ring (bicyclic) bond motifs is 3. The van der Waals surface area contributed by atoms with Crippen LogP contribution in [0.2, 0.25) is 0 Å². The number of nitrogens with one attached hydrogen (secondary N) is 1. The SMILES string of the molecule is COc1cc(C2CC(c3c(C)cc4oc(=O)c5c(c4c3O)CCCC5)=NN2)ccc1O. The summed E-state index contributed by atoms with van der Waals surface area (Å²) in [5.41, 5.74) is 7.99. The second-order valence-corrected chi connectivity index (χ2v) is 8.22. The van der Waals surface area contributed by atoms with Gasteiger partial charge < -0.3 is 24.8 Å². The van der Waals surface area contributed by atoms with E-state index >= 15 is 0 Å². The van der Waals surface area contributed by atoms with Gasteiger partial charge in [0.25, 0.3) is 0 Å². The minimum Gasteiger partial charge on any atom is -0.506 e. The van der Waals surface area contributed by atoms with E-state index in [-0.39, 0.29) is 23.2 Å². The predicted molar refractivity (Wildman–Crippen MR) is 117 cm³/mol. The number of rotatable bonds is 3. The standard InChI is InChI=1S/C24H24N2O5/c1-12-9-20-22(14-5-3-4-6-15(14)24(29)31-20)23(28)21(12)17-11-16(25-26-17)13-7-8-18(27)19(10-13)30-2/h7-10,16,25,27-28H,3-6,11H2,1-2H3. The van der Waals surface area contributed by atoms with E-state index in [4.69, 9.17) is 9.15 Å². The number of aromatic hydroxyl groups is 2. The molecule has 7 heteroatoms. The van der Waals surface area contributed by atoms with E-state index in [1.54, 1.807) is 12.1 Å². The highest BCUT2D eigenvalue weighted by atomic mass is 16.5. The maximum Gasteiger partial charge on any atom is 0.339 e. The van der Waals surface area contributed by atoms with Gasteiger partial charge in [-0.1, -0.05) is 6.07 Å². The molecule has 0 bridgehead atoms. The maximum atomic E-state index is 12.4. The Hall–Kier alpha value is -3.48. The molecule has 1 aliphatic heterocycles. The Bertz CT molecular complexity index is 1290. The summed E-state index contributed by atoms with van der Waals surface area (Å²) < 4.78 is 10.8. The number of hydrogen-bond acceptors (Lipinski definition) is 7. The molecule has 2 heterocycles. The normalized spacial score (nSPS) is 17.9. The second-order valence-electron chi connectivity index (χ2n) is 8.22. The molecule has 5 rings (SSSR count). The predicted octanol–water partition coefficient (Wildman–Crippen LogP) is 3.84. The van der Waals surface area contributed by atoms with Gasteiger partial charge >= 0.3 is 5.63 Å². The molecule has 2 aliphatic rings. The van der Waals surface area contributed by atoms with Crippen LogP contribution in [0.15, 0.2) is 38.6 Å². The third-order valence-electron chi connectivity index (χ3n) is 6.33. The van der Waals surface area contributed by atoms with Crippen molar-refractivity contribution < 1.29 is 19.4 Å². The van der Waals surface area contributed by atoms with Crippen LogP contribution in [0.25, 0.3) is 11.0 Å². The lowest BCUT2D eigenvalue weighted by molar-refractivity contribution is 0.372. The molecular weight excluding hydrogens is 396 g/mol. The Balaban J connectivity index is 1.57. The summed E-state index contributed by atoms with van der Waals surface area (Å²) in [5, 5.41) is 26.3. The van der Waals surface area contributed by atoms with Gasteiger partial charge in [-0.2, -0.15) is 5.10 Å². The largest absolute Gasteiger partial charge is 0.506 e. The van der Waals surface area contributed by atoms with Gasteiger partial charge in [-0.15, -0.1) is 0 Å². The smallest absolute Gasteiger partial charge is 0.339 e. The lowest BCUT2D eigenvalue weighted by Crippen LogP contribution is -2.16. The van der Waals surface area contributed by atoms with Crippen LogP contribution in [0.5, 0.6) is 17.2 Å². The molecule has 0 saturated carbocycles.